The molecule has 1 fully saturated rings. The quantitative estimate of drug-likeness (QED) is 0.582. The van der Waals surface area contributed by atoms with Crippen molar-refractivity contribution in [3.05, 3.63) is 22.4 Å². The lowest BCUT2D eigenvalue weighted by Crippen LogP contribution is -2.47. The lowest BCUT2D eigenvalue weighted by Gasteiger charge is -2.34. The van der Waals surface area contributed by atoms with Crippen LogP contribution < -0.4 is 10.6 Å². The third kappa shape index (κ3) is 6.89. The molecule has 0 aromatic carbocycles. The van der Waals surface area contributed by atoms with E-state index in [1.54, 1.807) is 0 Å². The zero-order chi connectivity index (χ0) is 16.5. The number of aliphatic imine (C=N–C) groups is 1. The van der Waals surface area contributed by atoms with E-state index in [2.05, 4.69) is 56.9 Å². The number of piperazine rings is 1. The van der Waals surface area contributed by atoms with Gasteiger partial charge in [-0.3, -0.25) is 4.99 Å². The van der Waals surface area contributed by atoms with E-state index >= 15 is 0 Å². The van der Waals surface area contributed by atoms with Gasteiger partial charge in [0.25, 0.3) is 0 Å². The summed E-state index contributed by atoms with van der Waals surface area (Å²) < 4.78 is 0. The highest BCUT2D eigenvalue weighted by Gasteiger charge is 2.16. The molecule has 1 unspecified atom stereocenters. The predicted octanol–water partition coefficient (Wildman–Crippen LogP) is 1.34. The molecule has 2 N–H and O–H groups in total. The van der Waals surface area contributed by atoms with Crippen molar-refractivity contribution in [1.29, 1.82) is 0 Å². The van der Waals surface area contributed by atoms with Gasteiger partial charge in [-0.2, -0.15) is 0 Å². The number of nitrogens with one attached hydrogen (secondary N) is 2. The summed E-state index contributed by atoms with van der Waals surface area (Å²) in [4.78, 5) is 10.7. The molecule has 1 aliphatic rings. The van der Waals surface area contributed by atoms with Crippen molar-refractivity contribution >= 4 is 17.3 Å². The van der Waals surface area contributed by atoms with E-state index in [1.165, 1.54) is 31.1 Å². The Morgan fingerprint density at radius 1 is 1.30 bits per heavy atom. The number of rotatable bonds is 7. The van der Waals surface area contributed by atoms with E-state index in [0.717, 1.165) is 32.0 Å². The maximum absolute atomic E-state index is 4.31. The molecule has 5 nitrogen and oxygen atoms in total. The molecule has 0 radical (unpaired) electrons. The Hall–Kier alpha value is -1.11. The lowest BCUT2D eigenvalue weighted by atomic mass is 10.1. The maximum Gasteiger partial charge on any atom is 0.190 e. The molecule has 2 rings (SSSR count). The first-order valence-corrected chi connectivity index (χ1v) is 9.43. The topological polar surface area (TPSA) is 42.9 Å². The van der Waals surface area contributed by atoms with Crippen LogP contribution in [-0.2, 0) is 6.42 Å². The molecule has 6 heteroatoms. The number of thiophene rings is 1. The summed E-state index contributed by atoms with van der Waals surface area (Å²) in [5.74, 6) is 1.53. The van der Waals surface area contributed by atoms with Gasteiger partial charge >= 0.3 is 0 Å². The molecule has 0 spiro atoms. The molecule has 0 bridgehead atoms. The van der Waals surface area contributed by atoms with E-state index < -0.39 is 0 Å². The minimum Gasteiger partial charge on any atom is -0.356 e. The Morgan fingerprint density at radius 3 is 2.74 bits per heavy atom. The molecule has 23 heavy (non-hydrogen) atoms. The van der Waals surface area contributed by atoms with Crippen LogP contribution in [-0.4, -0.2) is 75.7 Å². The summed E-state index contributed by atoms with van der Waals surface area (Å²) in [5, 5.41) is 8.98. The van der Waals surface area contributed by atoms with Gasteiger partial charge < -0.3 is 20.4 Å². The molecule has 2 heterocycles. The Morgan fingerprint density at radius 2 is 2.09 bits per heavy atom. The van der Waals surface area contributed by atoms with E-state index in [0.29, 0.717) is 5.92 Å². The summed E-state index contributed by atoms with van der Waals surface area (Å²) in [7, 11) is 4.04. The average Bonchev–Trinajstić information content (AvgIpc) is 3.06. The lowest BCUT2D eigenvalue weighted by molar-refractivity contribution is 0.139. The zero-order valence-electron chi connectivity index (χ0n) is 14.7. The van der Waals surface area contributed by atoms with Crippen molar-refractivity contribution in [1.82, 2.24) is 20.4 Å². The van der Waals surface area contributed by atoms with Gasteiger partial charge in [-0.05, 0) is 30.8 Å². The number of hydrogen-bond donors (Lipinski definition) is 2. The predicted molar refractivity (Wildman–Crippen MR) is 100 cm³/mol. The summed E-state index contributed by atoms with van der Waals surface area (Å²) in [5.41, 5.74) is 0. The van der Waals surface area contributed by atoms with Gasteiger partial charge in [-0.1, -0.05) is 13.0 Å². The van der Waals surface area contributed by atoms with Crippen molar-refractivity contribution in [2.75, 3.05) is 59.9 Å². The molecule has 1 aromatic rings. The number of nitrogens with zero attached hydrogens (tertiary/aromatic N) is 3. The van der Waals surface area contributed by atoms with Crippen molar-refractivity contribution in [2.45, 2.75) is 13.3 Å². The smallest absolute Gasteiger partial charge is 0.190 e. The Balaban J connectivity index is 1.60. The first-order valence-electron chi connectivity index (χ1n) is 8.55. The fourth-order valence-corrected chi connectivity index (χ4v) is 3.50. The zero-order valence-corrected chi connectivity index (χ0v) is 15.5. The Kier molecular flexibility index (Phi) is 7.85. The highest BCUT2D eigenvalue weighted by Crippen LogP contribution is 2.08. The molecule has 0 aliphatic carbocycles. The normalized spacial score (nSPS) is 18.8. The molecule has 1 aromatic heterocycles. The largest absolute Gasteiger partial charge is 0.356 e. The molecule has 130 valence electrons. The van der Waals surface area contributed by atoms with Crippen LogP contribution in [0, 0.1) is 5.92 Å². The number of likely N-dealkylation sites (N-methyl/N-ethyl adjacent to an activating group) is 1. The SMILES string of the molecule is CN=C(NCCc1cccs1)NCC(C)CN1CCN(C)CC1. The number of guanidine groups is 1. The van der Waals surface area contributed by atoms with Crippen molar-refractivity contribution in [2.24, 2.45) is 10.9 Å². The van der Waals surface area contributed by atoms with Gasteiger partial charge in [0.2, 0.25) is 0 Å². The van der Waals surface area contributed by atoms with Crippen LogP contribution in [0.4, 0.5) is 0 Å². The molecule has 1 atom stereocenters. The van der Waals surface area contributed by atoms with Gasteiger partial charge in [0.05, 0.1) is 0 Å². The van der Waals surface area contributed by atoms with Crippen LogP contribution in [0.25, 0.3) is 0 Å². The van der Waals surface area contributed by atoms with Crippen molar-refractivity contribution in [3.8, 4) is 0 Å². The first kappa shape index (κ1) is 18.2. The third-order valence-electron chi connectivity index (χ3n) is 4.25. The Bertz CT molecular complexity index is 452. The summed E-state index contributed by atoms with van der Waals surface area (Å²) in [6, 6.07) is 4.29. The van der Waals surface area contributed by atoms with Gasteiger partial charge in [-0.15, -0.1) is 11.3 Å². The van der Waals surface area contributed by atoms with Gasteiger partial charge in [0, 0.05) is 57.7 Å². The van der Waals surface area contributed by atoms with Crippen LogP contribution in [0.15, 0.2) is 22.5 Å². The van der Waals surface area contributed by atoms with E-state index in [9.17, 15) is 0 Å². The van der Waals surface area contributed by atoms with E-state index in [-0.39, 0.29) is 0 Å². The standard InChI is InChI=1S/C17H31N5S/c1-15(14-22-10-8-21(3)9-11-22)13-20-17(18-2)19-7-6-16-5-4-12-23-16/h4-5,12,15H,6-11,13-14H2,1-3H3,(H2,18,19,20). The fraction of sp³-hybridized carbons (Fsp3) is 0.706. The molecule has 0 amide bonds. The molecular formula is C17H31N5S. The minimum atomic E-state index is 0.620. The van der Waals surface area contributed by atoms with Crippen LogP contribution in [0.2, 0.25) is 0 Å². The average molecular weight is 338 g/mol. The second-order valence-corrected chi connectivity index (χ2v) is 7.45. The van der Waals surface area contributed by atoms with Gasteiger partial charge in [-0.25, -0.2) is 0 Å². The van der Waals surface area contributed by atoms with Crippen molar-refractivity contribution < 1.29 is 0 Å². The molecule has 0 saturated carbocycles. The maximum atomic E-state index is 4.31. The first-order chi connectivity index (χ1) is 11.2. The second-order valence-electron chi connectivity index (χ2n) is 6.42. The van der Waals surface area contributed by atoms with Crippen LogP contribution in [0.5, 0.6) is 0 Å². The van der Waals surface area contributed by atoms with E-state index in [4.69, 9.17) is 0 Å². The highest BCUT2D eigenvalue weighted by molar-refractivity contribution is 7.09. The van der Waals surface area contributed by atoms with Crippen LogP contribution in [0.1, 0.15) is 11.8 Å². The monoisotopic (exact) mass is 337 g/mol. The van der Waals surface area contributed by atoms with Gasteiger partial charge in [0.1, 0.15) is 0 Å². The molecule has 1 aliphatic heterocycles. The van der Waals surface area contributed by atoms with Crippen LogP contribution in [0.3, 0.4) is 0 Å². The second kappa shape index (κ2) is 9.90. The summed E-state index contributed by atoms with van der Waals surface area (Å²) in [6.07, 6.45) is 1.05. The fourth-order valence-electron chi connectivity index (χ4n) is 2.79. The van der Waals surface area contributed by atoms with Crippen molar-refractivity contribution in [3.63, 3.8) is 0 Å². The third-order valence-corrected chi connectivity index (χ3v) is 5.19. The highest BCUT2D eigenvalue weighted by atomic mass is 32.1. The molecular weight excluding hydrogens is 306 g/mol. The molecule has 1 saturated heterocycles. The van der Waals surface area contributed by atoms with Gasteiger partial charge in [0.15, 0.2) is 5.96 Å². The number of hydrogen-bond acceptors (Lipinski definition) is 4. The Labute approximate surface area is 144 Å². The summed E-state index contributed by atoms with van der Waals surface area (Å²) >= 11 is 1.81. The van der Waals surface area contributed by atoms with Crippen LogP contribution >= 0.6 is 11.3 Å². The summed E-state index contributed by atoms with van der Waals surface area (Å²) in [6.45, 7) is 10.1. The van der Waals surface area contributed by atoms with E-state index in [1.807, 2.05) is 18.4 Å². The minimum absolute atomic E-state index is 0.620.